The minimum Gasteiger partial charge on any atom is -0.377 e. The Hall–Kier alpha value is -0.710. The van der Waals surface area contributed by atoms with Gasteiger partial charge in [-0.3, -0.25) is 0 Å². The zero-order valence-corrected chi connectivity index (χ0v) is 12.3. The number of halogens is 2. The van der Waals surface area contributed by atoms with Gasteiger partial charge in [0.25, 0.3) is 0 Å². The van der Waals surface area contributed by atoms with Crippen LogP contribution in [0.4, 0.5) is 11.6 Å². The summed E-state index contributed by atoms with van der Waals surface area (Å²) < 4.78 is 5.50. The Morgan fingerprint density at radius 1 is 1.39 bits per heavy atom. The summed E-state index contributed by atoms with van der Waals surface area (Å²) in [4.78, 5) is 6.67. The minimum absolute atomic E-state index is 0.131. The summed E-state index contributed by atoms with van der Waals surface area (Å²) in [7, 11) is 1.79. The van der Waals surface area contributed by atoms with Gasteiger partial charge >= 0.3 is 0 Å². The first-order chi connectivity index (χ1) is 8.45. The second-order valence-electron chi connectivity index (χ2n) is 4.89. The predicted molar refractivity (Wildman–Crippen MR) is 76.0 cm³/mol. The molecule has 1 aromatic heterocycles. The molecule has 1 fully saturated rings. The Morgan fingerprint density at radius 2 is 2.11 bits per heavy atom. The van der Waals surface area contributed by atoms with Crippen molar-refractivity contribution in [2.75, 3.05) is 37.0 Å². The normalized spacial score (nSPS) is 18.8. The monoisotopic (exact) mass is 289 g/mol. The molecule has 1 N–H and O–H groups in total. The summed E-state index contributed by atoms with van der Waals surface area (Å²) in [5, 5.41) is 4.06. The summed E-state index contributed by atoms with van der Waals surface area (Å²) in [6.45, 7) is 6.32. The molecule has 1 aliphatic rings. The molecule has 0 unspecified atom stereocenters. The Bertz CT molecular complexity index is 451. The van der Waals surface area contributed by atoms with Crippen molar-refractivity contribution in [2.45, 2.75) is 19.4 Å². The highest BCUT2D eigenvalue weighted by Crippen LogP contribution is 2.35. The molecule has 0 amide bonds. The molecular weight excluding hydrogens is 273 g/mol. The van der Waals surface area contributed by atoms with Gasteiger partial charge in [0.15, 0.2) is 5.82 Å². The summed E-state index contributed by atoms with van der Waals surface area (Å²) in [6.07, 6.45) is 0. The second-order valence-corrected chi connectivity index (χ2v) is 5.71. The van der Waals surface area contributed by atoms with E-state index in [1.807, 2.05) is 0 Å². The summed E-state index contributed by atoms with van der Waals surface area (Å²) in [5.41, 5.74) is -0.131. The molecule has 0 radical (unpaired) electrons. The van der Waals surface area contributed by atoms with Crippen molar-refractivity contribution in [1.82, 2.24) is 4.98 Å². The molecule has 0 saturated carbocycles. The highest BCUT2D eigenvalue weighted by atomic mass is 35.5. The van der Waals surface area contributed by atoms with E-state index in [-0.39, 0.29) is 5.54 Å². The first kappa shape index (κ1) is 13.7. The lowest BCUT2D eigenvalue weighted by molar-refractivity contribution is 0.0639. The number of hydrogen-bond donors (Lipinski definition) is 1. The third kappa shape index (κ3) is 2.51. The molecule has 1 aliphatic heterocycles. The topological polar surface area (TPSA) is 37.4 Å². The highest BCUT2D eigenvalue weighted by Gasteiger charge is 2.33. The van der Waals surface area contributed by atoms with Crippen LogP contribution in [-0.4, -0.2) is 37.3 Å². The fourth-order valence-corrected chi connectivity index (χ4v) is 2.63. The van der Waals surface area contributed by atoms with E-state index in [1.54, 1.807) is 13.1 Å². The first-order valence-electron chi connectivity index (χ1n) is 5.85. The van der Waals surface area contributed by atoms with Gasteiger partial charge in [-0.05, 0) is 19.9 Å². The molecule has 0 bridgehead atoms. The zero-order chi connectivity index (χ0) is 13.3. The summed E-state index contributed by atoms with van der Waals surface area (Å²) >= 11 is 12.3. The number of morpholine rings is 1. The molecule has 2 heterocycles. The fourth-order valence-electron chi connectivity index (χ4n) is 2.07. The number of anilines is 2. The van der Waals surface area contributed by atoms with Gasteiger partial charge in [0, 0.05) is 13.6 Å². The van der Waals surface area contributed by atoms with E-state index >= 15 is 0 Å². The third-order valence-corrected chi connectivity index (χ3v) is 3.61. The highest BCUT2D eigenvalue weighted by molar-refractivity contribution is 6.37. The molecule has 0 spiro atoms. The number of aromatic nitrogens is 1. The van der Waals surface area contributed by atoms with E-state index in [9.17, 15) is 0 Å². The van der Waals surface area contributed by atoms with Crippen LogP contribution in [0, 0.1) is 0 Å². The molecule has 2 rings (SSSR count). The summed E-state index contributed by atoms with van der Waals surface area (Å²) in [5.74, 6) is 1.39. The van der Waals surface area contributed by atoms with Crippen LogP contribution in [0.15, 0.2) is 6.07 Å². The van der Waals surface area contributed by atoms with Gasteiger partial charge in [0.05, 0.1) is 28.8 Å². The van der Waals surface area contributed by atoms with Crippen LogP contribution in [0.25, 0.3) is 0 Å². The van der Waals surface area contributed by atoms with E-state index < -0.39 is 0 Å². The van der Waals surface area contributed by atoms with Crippen molar-refractivity contribution in [3.63, 3.8) is 0 Å². The number of rotatable bonds is 2. The van der Waals surface area contributed by atoms with E-state index in [0.29, 0.717) is 29.1 Å². The lowest BCUT2D eigenvalue weighted by atomic mass is 10.0. The van der Waals surface area contributed by atoms with Gasteiger partial charge in [0.2, 0.25) is 0 Å². The molecular formula is C12H17Cl2N3O. The SMILES string of the molecule is CNc1nc(N2CCOCC2(C)C)c(Cl)cc1Cl. The van der Waals surface area contributed by atoms with Crippen molar-refractivity contribution in [3.8, 4) is 0 Å². The molecule has 1 saturated heterocycles. The van der Waals surface area contributed by atoms with Crippen LogP contribution in [0.1, 0.15) is 13.8 Å². The summed E-state index contributed by atoms with van der Waals surface area (Å²) in [6, 6.07) is 1.73. The van der Waals surface area contributed by atoms with E-state index in [2.05, 4.69) is 29.0 Å². The number of pyridine rings is 1. The molecule has 1 aromatic rings. The quantitative estimate of drug-likeness (QED) is 0.908. The maximum Gasteiger partial charge on any atom is 0.150 e. The average Bonchev–Trinajstić information content (AvgIpc) is 2.30. The van der Waals surface area contributed by atoms with E-state index in [1.165, 1.54) is 0 Å². The lowest BCUT2D eigenvalue weighted by Crippen LogP contribution is -2.53. The molecule has 6 heteroatoms. The predicted octanol–water partition coefficient (Wildman–Crippen LogP) is 3.05. The van der Waals surface area contributed by atoms with Crippen molar-refractivity contribution >= 4 is 34.8 Å². The largest absolute Gasteiger partial charge is 0.377 e. The van der Waals surface area contributed by atoms with Gasteiger partial charge in [-0.2, -0.15) is 0 Å². The van der Waals surface area contributed by atoms with Crippen molar-refractivity contribution in [3.05, 3.63) is 16.1 Å². The molecule has 0 atom stereocenters. The number of hydrogen-bond acceptors (Lipinski definition) is 4. The Morgan fingerprint density at radius 3 is 2.72 bits per heavy atom. The van der Waals surface area contributed by atoms with Crippen LogP contribution >= 0.6 is 23.2 Å². The van der Waals surface area contributed by atoms with Gasteiger partial charge in [-0.25, -0.2) is 4.98 Å². The average molecular weight is 290 g/mol. The van der Waals surface area contributed by atoms with Crippen molar-refractivity contribution in [1.29, 1.82) is 0 Å². The number of nitrogens with one attached hydrogen (secondary N) is 1. The maximum absolute atomic E-state index is 6.26. The first-order valence-corrected chi connectivity index (χ1v) is 6.60. The Balaban J connectivity index is 2.43. The number of ether oxygens (including phenoxy) is 1. The Kier molecular flexibility index (Phi) is 3.90. The molecule has 0 aromatic carbocycles. The van der Waals surface area contributed by atoms with E-state index in [4.69, 9.17) is 27.9 Å². The van der Waals surface area contributed by atoms with Crippen LogP contribution in [0.2, 0.25) is 10.0 Å². The maximum atomic E-state index is 6.26. The standard InChI is InChI=1S/C12H17Cl2N3O/c1-12(2)7-18-5-4-17(12)11-9(14)6-8(13)10(15-3)16-11/h6H,4-5,7H2,1-3H3,(H,15,16). The zero-order valence-electron chi connectivity index (χ0n) is 10.8. The minimum atomic E-state index is -0.131. The van der Waals surface area contributed by atoms with Gasteiger partial charge in [-0.15, -0.1) is 0 Å². The van der Waals surface area contributed by atoms with Gasteiger partial charge in [-0.1, -0.05) is 23.2 Å². The Labute approximate surface area is 117 Å². The van der Waals surface area contributed by atoms with Crippen LogP contribution < -0.4 is 10.2 Å². The van der Waals surface area contributed by atoms with Crippen LogP contribution in [0.3, 0.4) is 0 Å². The van der Waals surface area contributed by atoms with E-state index in [0.717, 1.165) is 12.4 Å². The smallest absolute Gasteiger partial charge is 0.150 e. The van der Waals surface area contributed by atoms with Crippen molar-refractivity contribution in [2.24, 2.45) is 0 Å². The molecule has 4 nitrogen and oxygen atoms in total. The number of nitrogens with zero attached hydrogens (tertiary/aromatic N) is 2. The third-order valence-electron chi connectivity index (χ3n) is 3.05. The molecule has 100 valence electrons. The molecule has 18 heavy (non-hydrogen) atoms. The van der Waals surface area contributed by atoms with Crippen molar-refractivity contribution < 1.29 is 4.74 Å². The van der Waals surface area contributed by atoms with Crippen LogP contribution in [-0.2, 0) is 4.74 Å². The van der Waals surface area contributed by atoms with Gasteiger partial charge < -0.3 is 15.0 Å². The molecule has 0 aliphatic carbocycles. The second kappa shape index (κ2) is 5.11. The fraction of sp³-hybridized carbons (Fsp3) is 0.583. The van der Waals surface area contributed by atoms with Gasteiger partial charge in [0.1, 0.15) is 5.82 Å². The van der Waals surface area contributed by atoms with Crippen LogP contribution in [0.5, 0.6) is 0 Å². The lowest BCUT2D eigenvalue weighted by Gasteiger charge is -2.43.